The molecule has 0 fully saturated rings. The van der Waals surface area contributed by atoms with Crippen LogP contribution in [-0.2, 0) is 16.6 Å². The molecule has 1 amide bonds. The Morgan fingerprint density at radius 1 is 1.12 bits per heavy atom. The van der Waals surface area contributed by atoms with Crippen molar-refractivity contribution in [2.24, 2.45) is 0 Å². The van der Waals surface area contributed by atoms with Gasteiger partial charge < -0.3 is 9.26 Å². The minimum atomic E-state index is -3.91. The SMILES string of the molecule is COc1ccc(-c2nc(CN3C(=O)c4ccccc4S3(=O)=O)no2)cc1. The molecule has 9 heteroatoms. The minimum absolute atomic E-state index is 0.0103. The van der Waals surface area contributed by atoms with E-state index in [1.165, 1.54) is 12.1 Å². The molecule has 1 aromatic heterocycles. The van der Waals surface area contributed by atoms with Gasteiger partial charge in [0.25, 0.3) is 21.8 Å². The van der Waals surface area contributed by atoms with Crippen LogP contribution in [0.4, 0.5) is 0 Å². The standard InChI is InChI=1S/C17H13N3O5S/c1-24-12-8-6-11(7-9-12)16-18-15(19-25-16)10-20-17(21)13-4-2-3-5-14(13)26(20,22)23/h2-9H,10H2,1H3. The van der Waals surface area contributed by atoms with Gasteiger partial charge in [-0.15, -0.1) is 0 Å². The Morgan fingerprint density at radius 3 is 2.54 bits per heavy atom. The highest BCUT2D eigenvalue weighted by atomic mass is 32.2. The van der Waals surface area contributed by atoms with Crippen molar-refractivity contribution in [3.8, 4) is 17.2 Å². The Bertz CT molecular complexity index is 1090. The summed E-state index contributed by atoms with van der Waals surface area (Å²) in [5.41, 5.74) is 0.801. The summed E-state index contributed by atoms with van der Waals surface area (Å²) in [4.78, 5) is 16.6. The predicted molar refractivity (Wildman–Crippen MR) is 89.8 cm³/mol. The van der Waals surface area contributed by atoms with Gasteiger partial charge in [0.15, 0.2) is 5.82 Å². The monoisotopic (exact) mass is 371 g/mol. The Hall–Kier alpha value is -3.20. The number of sulfonamides is 1. The fourth-order valence-electron chi connectivity index (χ4n) is 2.68. The second-order valence-electron chi connectivity index (χ2n) is 5.56. The second kappa shape index (κ2) is 5.95. The molecule has 2 heterocycles. The molecule has 0 radical (unpaired) electrons. The zero-order chi connectivity index (χ0) is 18.3. The molecule has 26 heavy (non-hydrogen) atoms. The van der Waals surface area contributed by atoms with Gasteiger partial charge in [0.2, 0.25) is 0 Å². The quantitative estimate of drug-likeness (QED) is 0.692. The lowest BCUT2D eigenvalue weighted by Crippen LogP contribution is -2.29. The maximum absolute atomic E-state index is 12.6. The Balaban J connectivity index is 1.61. The van der Waals surface area contributed by atoms with E-state index < -0.39 is 15.9 Å². The molecule has 0 aliphatic carbocycles. The van der Waals surface area contributed by atoms with Crippen LogP contribution in [0.5, 0.6) is 5.75 Å². The topological polar surface area (TPSA) is 103 Å². The molecule has 0 N–H and O–H groups in total. The van der Waals surface area contributed by atoms with Crippen molar-refractivity contribution in [1.82, 2.24) is 14.4 Å². The molecule has 1 aliphatic heterocycles. The number of carbonyl (C=O) groups is 1. The molecule has 0 saturated heterocycles. The molecule has 132 valence electrons. The van der Waals surface area contributed by atoms with Crippen molar-refractivity contribution in [1.29, 1.82) is 0 Å². The zero-order valence-electron chi connectivity index (χ0n) is 13.6. The molecule has 0 unspecified atom stereocenters. The summed E-state index contributed by atoms with van der Waals surface area (Å²) in [7, 11) is -2.35. The van der Waals surface area contributed by atoms with Gasteiger partial charge >= 0.3 is 0 Å². The first-order valence-corrected chi connectivity index (χ1v) is 9.08. The number of carbonyl (C=O) groups excluding carboxylic acids is 1. The van der Waals surface area contributed by atoms with E-state index >= 15 is 0 Å². The van der Waals surface area contributed by atoms with E-state index in [1.807, 2.05) is 0 Å². The van der Waals surface area contributed by atoms with Gasteiger partial charge in [-0.25, -0.2) is 12.7 Å². The van der Waals surface area contributed by atoms with Crippen molar-refractivity contribution in [2.75, 3.05) is 7.11 Å². The van der Waals surface area contributed by atoms with Gasteiger partial charge in [-0.3, -0.25) is 4.79 Å². The van der Waals surface area contributed by atoms with Crippen LogP contribution in [0.1, 0.15) is 16.2 Å². The van der Waals surface area contributed by atoms with Gasteiger partial charge in [-0.1, -0.05) is 17.3 Å². The van der Waals surface area contributed by atoms with Crippen LogP contribution in [0.25, 0.3) is 11.5 Å². The number of ether oxygens (including phenoxy) is 1. The van der Waals surface area contributed by atoms with Crippen molar-refractivity contribution >= 4 is 15.9 Å². The lowest BCUT2D eigenvalue weighted by molar-refractivity contribution is 0.0862. The number of amides is 1. The smallest absolute Gasteiger partial charge is 0.269 e. The van der Waals surface area contributed by atoms with E-state index in [0.717, 1.165) is 4.31 Å². The van der Waals surface area contributed by atoms with Gasteiger partial charge in [-0.2, -0.15) is 4.98 Å². The molecule has 2 aromatic carbocycles. The van der Waals surface area contributed by atoms with Crippen molar-refractivity contribution in [3.63, 3.8) is 0 Å². The molecule has 0 atom stereocenters. The van der Waals surface area contributed by atoms with Gasteiger partial charge in [0.05, 0.1) is 12.7 Å². The number of nitrogens with zero attached hydrogens (tertiary/aromatic N) is 3. The van der Waals surface area contributed by atoms with Crippen molar-refractivity contribution < 1.29 is 22.5 Å². The molecule has 0 spiro atoms. The second-order valence-corrected chi connectivity index (χ2v) is 7.39. The fourth-order valence-corrected chi connectivity index (χ4v) is 4.21. The molecular formula is C17H13N3O5S. The molecule has 3 aromatic rings. The molecule has 4 rings (SSSR count). The average Bonchev–Trinajstić information content (AvgIpc) is 3.20. The highest BCUT2D eigenvalue weighted by Gasteiger charge is 2.41. The number of aromatic nitrogens is 2. The molecule has 8 nitrogen and oxygen atoms in total. The lowest BCUT2D eigenvalue weighted by atomic mass is 10.2. The minimum Gasteiger partial charge on any atom is -0.497 e. The molecule has 0 bridgehead atoms. The van der Waals surface area contributed by atoms with E-state index in [-0.39, 0.29) is 28.7 Å². The summed E-state index contributed by atoms with van der Waals surface area (Å²) in [6, 6.07) is 13.0. The number of hydrogen-bond acceptors (Lipinski definition) is 7. The summed E-state index contributed by atoms with van der Waals surface area (Å²) in [6.45, 7) is -0.296. The van der Waals surface area contributed by atoms with Crippen LogP contribution in [0.2, 0.25) is 0 Å². The van der Waals surface area contributed by atoms with Gasteiger partial charge in [-0.05, 0) is 36.4 Å². The van der Waals surface area contributed by atoms with Crippen molar-refractivity contribution in [3.05, 3.63) is 59.9 Å². The summed E-state index contributed by atoms with van der Waals surface area (Å²) < 4.78 is 36.1. The third-order valence-corrected chi connectivity index (χ3v) is 5.79. The third-order valence-electron chi connectivity index (χ3n) is 4.00. The number of methoxy groups -OCH3 is 1. The van der Waals surface area contributed by atoms with Gasteiger partial charge in [0, 0.05) is 5.56 Å². The van der Waals surface area contributed by atoms with Crippen molar-refractivity contribution in [2.45, 2.75) is 11.4 Å². The highest BCUT2D eigenvalue weighted by molar-refractivity contribution is 7.90. The summed E-state index contributed by atoms with van der Waals surface area (Å²) in [6.07, 6.45) is 0. The molecular weight excluding hydrogens is 358 g/mol. The summed E-state index contributed by atoms with van der Waals surface area (Å²) in [5.74, 6) is 0.404. The first kappa shape index (κ1) is 16.3. The van der Waals surface area contributed by atoms with E-state index in [2.05, 4.69) is 10.1 Å². The fraction of sp³-hybridized carbons (Fsp3) is 0.118. The van der Waals surface area contributed by atoms with Crippen LogP contribution in [0.3, 0.4) is 0 Å². The maximum atomic E-state index is 12.6. The predicted octanol–water partition coefficient (Wildman–Crippen LogP) is 2.09. The van der Waals surface area contributed by atoms with E-state index in [1.54, 1.807) is 43.5 Å². The highest BCUT2D eigenvalue weighted by Crippen LogP contribution is 2.31. The Labute approximate surface area is 149 Å². The molecule has 1 aliphatic rings. The normalized spacial score (nSPS) is 15.1. The van der Waals surface area contributed by atoms with E-state index in [4.69, 9.17) is 9.26 Å². The largest absolute Gasteiger partial charge is 0.497 e. The Morgan fingerprint density at radius 2 is 1.85 bits per heavy atom. The third kappa shape index (κ3) is 2.53. The lowest BCUT2D eigenvalue weighted by Gasteiger charge is -2.11. The van der Waals surface area contributed by atoms with Crippen LogP contribution in [-0.4, -0.2) is 35.9 Å². The first-order valence-electron chi connectivity index (χ1n) is 7.64. The summed E-state index contributed by atoms with van der Waals surface area (Å²) >= 11 is 0. The first-order chi connectivity index (χ1) is 12.5. The van der Waals surface area contributed by atoms with Crippen LogP contribution >= 0.6 is 0 Å². The van der Waals surface area contributed by atoms with E-state index in [9.17, 15) is 13.2 Å². The van der Waals surface area contributed by atoms with Crippen LogP contribution < -0.4 is 4.74 Å². The zero-order valence-corrected chi connectivity index (χ0v) is 14.4. The molecule has 0 saturated carbocycles. The average molecular weight is 371 g/mol. The van der Waals surface area contributed by atoms with Crippen LogP contribution in [0.15, 0.2) is 57.9 Å². The number of fused-ring (bicyclic) bond motifs is 1. The number of hydrogen-bond donors (Lipinski definition) is 0. The van der Waals surface area contributed by atoms with E-state index in [0.29, 0.717) is 11.3 Å². The van der Waals surface area contributed by atoms with Crippen LogP contribution in [0, 0.1) is 0 Å². The maximum Gasteiger partial charge on any atom is 0.269 e. The number of benzene rings is 2. The number of rotatable bonds is 4. The Kier molecular flexibility index (Phi) is 3.73. The van der Waals surface area contributed by atoms with Gasteiger partial charge in [0.1, 0.15) is 17.2 Å². The summed E-state index contributed by atoms with van der Waals surface area (Å²) in [5, 5.41) is 3.79.